The minimum Gasteiger partial charge on any atom is -0.488 e. The second kappa shape index (κ2) is 8.46. The lowest BCUT2D eigenvalue weighted by atomic mass is 9.63. The highest BCUT2D eigenvalue weighted by molar-refractivity contribution is 5.74. The molecule has 3 heteroatoms. The Morgan fingerprint density at radius 2 is 1.56 bits per heavy atom. The number of fused-ring (bicyclic) bond motifs is 1. The molecule has 0 radical (unpaired) electrons. The fourth-order valence-corrected chi connectivity index (χ4v) is 4.74. The van der Waals surface area contributed by atoms with Gasteiger partial charge in [0.05, 0.1) is 6.42 Å². The van der Waals surface area contributed by atoms with Gasteiger partial charge in [-0.25, -0.2) is 0 Å². The number of hydrogen-bond donors (Lipinski definition) is 1. The van der Waals surface area contributed by atoms with E-state index in [0.717, 1.165) is 22.4 Å². The van der Waals surface area contributed by atoms with Crippen LogP contribution in [0.5, 0.6) is 5.75 Å². The second-order valence-corrected chi connectivity index (χ2v) is 10.2. The lowest BCUT2D eigenvalue weighted by molar-refractivity contribution is -0.136. The number of rotatable bonds is 6. The summed E-state index contributed by atoms with van der Waals surface area (Å²) in [5, 5.41) is 9.12. The van der Waals surface area contributed by atoms with E-state index in [9.17, 15) is 4.79 Å². The van der Waals surface area contributed by atoms with E-state index >= 15 is 0 Å². The summed E-state index contributed by atoms with van der Waals surface area (Å²) >= 11 is 0. The van der Waals surface area contributed by atoms with Crippen LogP contribution in [0.1, 0.15) is 62.8 Å². The van der Waals surface area contributed by atoms with Gasteiger partial charge in [0.1, 0.15) is 12.4 Å². The van der Waals surface area contributed by atoms with Gasteiger partial charge in [0, 0.05) is 5.56 Å². The van der Waals surface area contributed by atoms with E-state index < -0.39 is 5.97 Å². The van der Waals surface area contributed by atoms with E-state index in [0.29, 0.717) is 6.61 Å². The van der Waals surface area contributed by atoms with E-state index in [1.807, 2.05) is 48.5 Å². The van der Waals surface area contributed by atoms with E-state index in [1.54, 1.807) is 0 Å². The van der Waals surface area contributed by atoms with E-state index in [1.165, 1.54) is 29.5 Å². The fraction of sp³-hybridized carbons (Fsp3) is 0.345. The number of aliphatic carboxylic acids is 1. The fourth-order valence-electron chi connectivity index (χ4n) is 4.74. The van der Waals surface area contributed by atoms with Crippen molar-refractivity contribution in [3.8, 4) is 16.9 Å². The molecule has 0 atom stereocenters. The maximum atomic E-state index is 11.1. The first-order chi connectivity index (χ1) is 15.2. The zero-order valence-corrected chi connectivity index (χ0v) is 19.4. The van der Waals surface area contributed by atoms with Gasteiger partial charge in [-0.05, 0) is 57.6 Å². The van der Waals surface area contributed by atoms with Gasteiger partial charge in [0.15, 0.2) is 0 Å². The summed E-state index contributed by atoms with van der Waals surface area (Å²) in [6.07, 6.45) is 2.40. The van der Waals surface area contributed by atoms with Crippen LogP contribution in [-0.4, -0.2) is 11.1 Å². The van der Waals surface area contributed by atoms with Crippen molar-refractivity contribution in [2.45, 2.75) is 64.4 Å². The van der Waals surface area contributed by atoms with Crippen LogP contribution >= 0.6 is 0 Å². The van der Waals surface area contributed by atoms with E-state index in [4.69, 9.17) is 9.84 Å². The van der Waals surface area contributed by atoms with Crippen molar-refractivity contribution in [1.29, 1.82) is 0 Å². The molecule has 1 N–H and O–H groups in total. The van der Waals surface area contributed by atoms with Crippen molar-refractivity contribution in [3.05, 3.63) is 89.0 Å². The van der Waals surface area contributed by atoms with Crippen molar-refractivity contribution in [1.82, 2.24) is 0 Å². The number of benzene rings is 3. The highest BCUT2D eigenvalue weighted by Crippen LogP contribution is 2.46. The van der Waals surface area contributed by atoms with Crippen molar-refractivity contribution in [3.63, 3.8) is 0 Å². The molecule has 0 saturated carbocycles. The van der Waals surface area contributed by atoms with Crippen LogP contribution in [0.4, 0.5) is 0 Å². The van der Waals surface area contributed by atoms with Crippen LogP contribution in [0, 0.1) is 0 Å². The number of para-hydroxylation sites is 1. The van der Waals surface area contributed by atoms with Crippen molar-refractivity contribution >= 4 is 5.97 Å². The molecule has 32 heavy (non-hydrogen) atoms. The average molecular weight is 429 g/mol. The Bertz CT molecular complexity index is 1140. The third kappa shape index (κ3) is 4.57. The van der Waals surface area contributed by atoms with Gasteiger partial charge in [0.25, 0.3) is 0 Å². The molecule has 0 amide bonds. The average Bonchev–Trinajstić information content (AvgIpc) is 2.75. The van der Waals surface area contributed by atoms with Crippen molar-refractivity contribution < 1.29 is 14.6 Å². The highest BCUT2D eigenvalue weighted by atomic mass is 16.5. The topological polar surface area (TPSA) is 46.5 Å². The third-order valence-corrected chi connectivity index (χ3v) is 6.79. The first-order valence-corrected chi connectivity index (χ1v) is 11.3. The maximum Gasteiger partial charge on any atom is 0.307 e. The Morgan fingerprint density at radius 1 is 0.844 bits per heavy atom. The SMILES string of the molecule is CC1(C)CCC(C)(C)c2cc(COc3ccccc3-c3cccc(CC(=O)O)c3)ccc21. The molecular formula is C29H32O3. The molecule has 4 rings (SSSR count). The van der Waals surface area contributed by atoms with E-state index in [-0.39, 0.29) is 17.3 Å². The van der Waals surface area contributed by atoms with Gasteiger partial charge in [-0.15, -0.1) is 0 Å². The Morgan fingerprint density at radius 3 is 2.31 bits per heavy atom. The van der Waals surface area contributed by atoms with Crippen LogP contribution in [0.3, 0.4) is 0 Å². The Kier molecular flexibility index (Phi) is 5.85. The van der Waals surface area contributed by atoms with Gasteiger partial charge in [-0.2, -0.15) is 0 Å². The lowest BCUT2D eigenvalue weighted by Gasteiger charge is -2.42. The number of carboxylic acid groups (broad SMARTS) is 1. The molecule has 0 heterocycles. The summed E-state index contributed by atoms with van der Waals surface area (Å²) < 4.78 is 6.29. The monoisotopic (exact) mass is 428 g/mol. The molecule has 3 aromatic rings. The summed E-state index contributed by atoms with van der Waals surface area (Å²) in [7, 11) is 0. The largest absolute Gasteiger partial charge is 0.488 e. The molecule has 0 bridgehead atoms. The molecular weight excluding hydrogens is 396 g/mol. The lowest BCUT2D eigenvalue weighted by Crippen LogP contribution is -2.33. The van der Waals surface area contributed by atoms with Crippen LogP contribution in [0.25, 0.3) is 11.1 Å². The Labute approximate surface area is 191 Å². The molecule has 0 fully saturated rings. The molecule has 1 aliphatic rings. The molecule has 0 aromatic heterocycles. The van der Waals surface area contributed by atoms with Gasteiger partial charge >= 0.3 is 5.97 Å². The van der Waals surface area contributed by atoms with Gasteiger partial charge in [-0.3, -0.25) is 4.79 Å². The number of carboxylic acids is 1. The molecule has 166 valence electrons. The van der Waals surface area contributed by atoms with Crippen molar-refractivity contribution in [2.75, 3.05) is 0 Å². The van der Waals surface area contributed by atoms with E-state index in [2.05, 4.69) is 45.9 Å². The van der Waals surface area contributed by atoms with Gasteiger partial charge < -0.3 is 9.84 Å². The van der Waals surface area contributed by atoms with Crippen LogP contribution < -0.4 is 4.74 Å². The summed E-state index contributed by atoms with van der Waals surface area (Å²) in [4.78, 5) is 11.1. The predicted octanol–water partition coefficient (Wildman–Crippen LogP) is 6.91. The van der Waals surface area contributed by atoms with Crippen molar-refractivity contribution in [2.24, 2.45) is 0 Å². The predicted molar refractivity (Wildman–Crippen MR) is 129 cm³/mol. The van der Waals surface area contributed by atoms with Crippen LogP contribution in [-0.2, 0) is 28.7 Å². The summed E-state index contributed by atoms with van der Waals surface area (Å²) in [5.74, 6) is -0.0255. The first kappa shape index (κ1) is 22.1. The molecule has 0 saturated heterocycles. The van der Waals surface area contributed by atoms with Gasteiger partial charge in [0.2, 0.25) is 0 Å². The minimum atomic E-state index is -0.829. The number of carbonyl (C=O) groups is 1. The second-order valence-electron chi connectivity index (χ2n) is 10.2. The molecule has 1 aliphatic carbocycles. The van der Waals surface area contributed by atoms with Gasteiger partial charge in [-0.1, -0.05) is 88.4 Å². The standard InChI is InChI=1S/C29H32O3/c1-28(2)14-15-29(3,4)25-17-21(12-13-24(25)28)19-32-26-11-6-5-10-23(26)22-9-7-8-20(16-22)18-27(30)31/h5-13,16-17H,14-15,18-19H2,1-4H3,(H,30,31). The smallest absolute Gasteiger partial charge is 0.307 e. The highest BCUT2D eigenvalue weighted by Gasteiger charge is 2.36. The Balaban J connectivity index is 1.59. The van der Waals surface area contributed by atoms with Crippen LogP contribution in [0.2, 0.25) is 0 Å². The number of hydrogen-bond acceptors (Lipinski definition) is 2. The molecule has 0 aliphatic heterocycles. The Hall–Kier alpha value is -3.07. The molecule has 3 aromatic carbocycles. The maximum absolute atomic E-state index is 11.1. The number of ether oxygens (including phenoxy) is 1. The first-order valence-electron chi connectivity index (χ1n) is 11.3. The quantitative estimate of drug-likeness (QED) is 0.464. The summed E-state index contributed by atoms with van der Waals surface area (Å²) in [6.45, 7) is 9.85. The normalized spacial score (nSPS) is 16.2. The summed E-state index contributed by atoms with van der Waals surface area (Å²) in [5.41, 5.74) is 7.15. The minimum absolute atomic E-state index is 0.0120. The van der Waals surface area contributed by atoms with Crippen LogP contribution in [0.15, 0.2) is 66.7 Å². The molecule has 0 unspecified atom stereocenters. The molecule has 3 nitrogen and oxygen atoms in total. The zero-order valence-electron chi connectivity index (χ0n) is 19.4. The zero-order chi connectivity index (χ0) is 22.9. The summed E-state index contributed by atoms with van der Waals surface area (Å²) in [6, 6.07) is 22.4. The molecule has 0 spiro atoms. The third-order valence-electron chi connectivity index (χ3n) is 6.79.